The zero-order valence-corrected chi connectivity index (χ0v) is 63.2. The second kappa shape index (κ2) is 65.7. The summed E-state index contributed by atoms with van der Waals surface area (Å²) in [6.45, 7) is 11.9. The normalized spacial score (nSPS) is 14.4. The third-order valence-corrected chi connectivity index (χ3v) is 19.6. The topological polar surface area (TPSA) is 237 Å². The molecule has 0 spiro atoms. The number of hydrogen-bond acceptors (Lipinski definition) is 15. The van der Waals surface area contributed by atoms with Crippen LogP contribution in [-0.2, 0) is 65.4 Å². The van der Waals surface area contributed by atoms with Gasteiger partial charge in [-0.3, -0.25) is 37.3 Å². The summed E-state index contributed by atoms with van der Waals surface area (Å²) in [6, 6.07) is 0. The second-order valence-electron chi connectivity index (χ2n) is 28.2. The molecule has 0 aliphatic heterocycles. The van der Waals surface area contributed by atoms with Gasteiger partial charge in [-0.05, 0) is 43.4 Å². The molecule has 19 heteroatoms. The molecule has 0 aromatic rings. The van der Waals surface area contributed by atoms with Gasteiger partial charge in [-0.2, -0.15) is 0 Å². The van der Waals surface area contributed by atoms with Crippen molar-refractivity contribution in [3.05, 3.63) is 0 Å². The summed E-state index contributed by atoms with van der Waals surface area (Å²) in [7, 11) is -9.91. The smallest absolute Gasteiger partial charge is 0.462 e. The number of phosphoric acid groups is 2. The lowest BCUT2D eigenvalue weighted by atomic mass is 9.99. The molecular weight excluding hydrogens is 1230 g/mol. The summed E-state index contributed by atoms with van der Waals surface area (Å²) in [4.78, 5) is 72.8. The summed E-state index contributed by atoms with van der Waals surface area (Å²) < 4.78 is 68.5. The van der Waals surface area contributed by atoms with E-state index in [1.165, 1.54) is 193 Å². The summed E-state index contributed by atoms with van der Waals surface area (Å²) in [5.74, 6) is 0.213. The van der Waals surface area contributed by atoms with Crippen molar-refractivity contribution in [1.82, 2.24) is 0 Å². The summed E-state index contributed by atoms with van der Waals surface area (Å²) in [5.41, 5.74) is 0. The molecule has 6 atom stereocenters. The Morgan fingerprint density at radius 3 is 0.809 bits per heavy atom. The quantitative estimate of drug-likeness (QED) is 0.0222. The van der Waals surface area contributed by atoms with Crippen molar-refractivity contribution < 1.29 is 80.2 Å². The van der Waals surface area contributed by atoms with E-state index in [0.717, 1.165) is 108 Å². The van der Waals surface area contributed by atoms with Crippen molar-refractivity contribution in [2.75, 3.05) is 39.6 Å². The van der Waals surface area contributed by atoms with Crippen LogP contribution in [0.3, 0.4) is 0 Å². The van der Waals surface area contributed by atoms with Gasteiger partial charge in [0.2, 0.25) is 0 Å². The average Bonchev–Trinajstić information content (AvgIpc) is 1.67. The number of hydrogen-bond donors (Lipinski definition) is 3. The first-order chi connectivity index (χ1) is 45.3. The van der Waals surface area contributed by atoms with Crippen LogP contribution in [0.25, 0.3) is 0 Å². The van der Waals surface area contributed by atoms with E-state index in [2.05, 4.69) is 48.5 Å². The van der Waals surface area contributed by atoms with E-state index in [9.17, 15) is 43.2 Å². The number of phosphoric ester groups is 2. The number of esters is 4. The Bertz CT molecular complexity index is 1840. The van der Waals surface area contributed by atoms with E-state index in [0.29, 0.717) is 25.7 Å². The molecule has 0 radical (unpaired) electrons. The molecule has 17 nitrogen and oxygen atoms in total. The summed E-state index contributed by atoms with van der Waals surface area (Å²) in [6.07, 6.45) is 51.2. The fourth-order valence-electron chi connectivity index (χ4n) is 11.4. The van der Waals surface area contributed by atoms with Crippen molar-refractivity contribution in [2.45, 2.75) is 401 Å². The van der Waals surface area contributed by atoms with Crippen LogP contribution >= 0.6 is 15.6 Å². The van der Waals surface area contributed by atoms with Crippen LogP contribution in [0.2, 0.25) is 0 Å². The Hall–Kier alpha value is -1.94. The first-order valence-corrected chi connectivity index (χ1v) is 41.9. The number of ether oxygens (including phenoxy) is 4. The molecule has 0 bridgehead atoms. The van der Waals surface area contributed by atoms with Gasteiger partial charge in [0, 0.05) is 25.7 Å². The van der Waals surface area contributed by atoms with Crippen molar-refractivity contribution >= 4 is 39.5 Å². The standard InChI is InChI=1S/C75H146O17P2/c1-8-10-11-12-13-14-15-21-28-37-44-51-58-74(79)92-71(63-86-73(78)57-50-43-36-31-30-33-40-47-54-67(5)6)65-90-94(83,84)88-61-69(76)60-87-93(81,82)89-64-70(62-85-72(77)56-49-42-35-27-24-23-26-34-41-48-55-68(7)9-2)91-75(80)59-52-45-38-29-22-19-17-16-18-20-25-32-39-46-53-66(3)4/h66-71,76H,8-65H2,1-7H3,(H,81,82)(H,83,84)/t68?,69-,70-,71-/m1/s1. The van der Waals surface area contributed by atoms with Gasteiger partial charge in [-0.1, -0.05) is 331 Å². The fraction of sp³-hybridized carbons (Fsp3) is 0.947. The highest BCUT2D eigenvalue weighted by atomic mass is 31.2. The minimum absolute atomic E-state index is 0.107. The Morgan fingerprint density at radius 1 is 0.309 bits per heavy atom. The maximum absolute atomic E-state index is 13.1. The Kier molecular flexibility index (Phi) is 64.3. The Morgan fingerprint density at radius 2 is 0.543 bits per heavy atom. The van der Waals surface area contributed by atoms with Crippen molar-refractivity contribution in [3.8, 4) is 0 Å². The monoisotopic (exact) mass is 1380 g/mol. The van der Waals surface area contributed by atoms with Gasteiger partial charge in [0.1, 0.15) is 19.3 Å². The van der Waals surface area contributed by atoms with E-state index in [1.807, 2.05) is 0 Å². The first-order valence-electron chi connectivity index (χ1n) is 38.9. The zero-order valence-electron chi connectivity index (χ0n) is 61.4. The van der Waals surface area contributed by atoms with Crippen LogP contribution in [0, 0.1) is 17.8 Å². The Labute approximate surface area is 575 Å². The van der Waals surface area contributed by atoms with Gasteiger partial charge in [0.15, 0.2) is 12.2 Å². The van der Waals surface area contributed by atoms with Crippen molar-refractivity contribution in [3.63, 3.8) is 0 Å². The van der Waals surface area contributed by atoms with Gasteiger partial charge in [-0.25, -0.2) is 9.13 Å². The number of aliphatic hydroxyl groups is 1. The van der Waals surface area contributed by atoms with Crippen LogP contribution in [0.1, 0.15) is 382 Å². The molecule has 0 saturated carbocycles. The van der Waals surface area contributed by atoms with Gasteiger partial charge in [0.05, 0.1) is 26.4 Å². The summed E-state index contributed by atoms with van der Waals surface area (Å²) >= 11 is 0. The average molecular weight is 1380 g/mol. The van der Waals surface area contributed by atoms with Gasteiger partial charge >= 0.3 is 39.5 Å². The third-order valence-electron chi connectivity index (χ3n) is 17.7. The number of carbonyl (C=O) groups excluding carboxylic acids is 4. The minimum Gasteiger partial charge on any atom is -0.462 e. The number of aliphatic hydroxyl groups excluding tert-OH is 1. The second-order valence-corrected chi connectivity index (χ2v) is 31.1. The molecule has 0 aromatic carbocycles. The predicted octanol–water partition coefficient (Wildman–Crippen LogP) is 21.8. The van der Waals surface area contributed by atoms with Crippen LogP contribution in [0.15, 0.2) is 0 Å². The molecule has 558 valence electrons. The molecule has 94 heavy (non-hydrogen) atoms. The molecular formula is C75H146O17P2. The SMILES string of the molecule is CCCCCCCCCCCCCCC(=O)O[C@H](COC(=O)CCCCCCCCCCC(C)C)COP(=O)(O)OC[C@H](O)COP(=O)(O)OC[C@@H](COC(=O)CCCCCCCCCCCCC(C)CC)OC(=O)CCCCCCCCCCCCCCCCC(C)C. The van der Waals surface area contributed by atoms with Gasteiger partial charge < -0.3 is 33.8 Å². The highest BCUT2D eigenvalue weighted by molar-refractivity contribution is 7.47. The molecule has 0 rings (SSSR count). The molecule has 3 unspecified atom stereocenters. The molecule has 3 N–H and O–H groups in total. The lowest BCUT2D eigenvalue weighted by Gasteiger charge is -2.21. The lowest BCUT2D eigenvalue weighted by molar-refractivity contribution is -0.161. The van der Waals surface area contributed by atoms with Crippen LogP contribution in [0.5, 0.6) is 0 Å². The molecule has 0 aromatic heterocycles. The fourth-order valence-corrected chi connectivity index (χ4v) is 13.0. The highest BCUT2D eigenvalue weighted by Crippen LogP contribution is 2.45. The van der Waals surface area contributed by atoms with Crippen LogP contribution < -0.4 is 0 Å². The summed E-state index contributed by atoms with van der Waals surface area (Å²) in [5, 5.41) is 10.6. The largest absolute Gasteiger partial charge is 0.472 e. The molecule has 0 saturated heterocycles. The van der Waals surface area contributed by atoms with Gasteiger partial charge in [0.25, 0.3) is 0 Å². The Balaban J connectivity index is 5.26. The molecule has 0 aliphatic rings. The van der Waals surface area contributed by atoms with Crippen molar-refractivity contribution in [2.24, 2.45) is 17.8 Å². The van der Waals surface area contributed by atoms with E-state index < -0.39 is 97.5 Å². The maximum Gasteiger partial charge on any atom is 0.472 e. The van der Waals surface area contributed by atoms with Gasteiger partial charge in [-0.15, -0.1) is 0 Å². The first kappa shape index (κ1) is 92.1. The number of unbranched alkanes of at least 4 members (excludes halogenated alkanes) is 40. The van der Waals surface area contributed by atoms with E-state index in [-0.39, 0.29) is 25.7 Å². The lowest BCUT2D eigenvalue weighted by Crippen LogP contribution is -2.30. The third kappa shape index (κ3) is 67.3. The van der Waals surface area contributed by atoms with E-state index >= 15 is 0 Å². The van der Waals surface area contributed by atoms with Crippen LogP contribution in [0.4, 0.5) is 0 Å². The number of rotatable bonds is 73. The minimum atomic E-state index is -4.96. The zero-order chi connectivity index (χ0) is 69.4. The maximum atomic E-state index is 13.1. The molecule has 0 aliphatic carbocycles. The predicted molar refractivity (Wildman–Crippen MR) is 381 cm³/mol. The molecule has 0 amide bonds. The molecule has 0 heterocycles. The molecule has 0 fully saturated rings. The highest BCUT2D eigenvalue weighted by Gasteiger charge is 2.30. The van der Waals surface area contributed by atoms with E-state index in [4.69, 9.17) is 37.0 Å². The number of carbonyl (C=O) groups is 4. The van der Waals surface area contributed by atoms with E-state index in [1.54, 1.807) is 0 Å². The van der Waals surface area contributed by atoms with Crippen molar-refractivity contribution in [1.29, 1.82) is 0 Å². The van der Waals surface area contributed by atoms with Crippen LogP contribution in [-0.4, -0.2) is 96.7 Å².